The Balaban J connectivity index is 2.13. The second kappa shape index (κ2) is 9.47. The van der Waals surface area contributed by atoms with E-state index in [9.17, 15) is 14.4 Å². The molecule has 1 heterocycles. The molecule has 0 spiro atoms. The fourth-order valence-corrected chi connectivity index (χ4v) is 3.36. The molecule has 31 heavy (non-hydrogen) atoms. The van der Waals surface area contributed by atoms with Crippen LogP contribution in [0.4, 0.5) is 11.4 Å². The molecule has 0 aromatic heterocycles. The largest absolute Gasteiger partial charge is 0.464 e. The van der Waals surface area contributed by atoms with Gasteiger partial charge in [-0.15, -0.1) is 0 Å². The third-order valence-corrected chi connectivity index (χ3v) is 4.87. The number of rotatable bonds is 7. The summed E-state index contributed by atoms with van der Waals surface area (Å²) in [6.45, 7) is 7.43. The first kappa shape index (κ1) is 22.1. The Morgan fingerprint density at radius 1 is 0.903 bits per heavy atom. The lowest BCUT2D eigenvalue weighted by Gasteiger charge is -2.25. The number of carbonyl (C=O) groups excluding carboxylic acids is 3. The molecular formula is C24H26N2O5. The van der Waals surface area contributed by atoms with Crippen LogP contribution in [0.3, 0.4) is 0 Å². The van der Waals surface area contributed by atoms with Gasteiger partial charge in [0.2, 0.25) is 0 Å². The molecule has 3 rings (SSSR count). The fraction of sp³-hybridized carbons (Fsp3) is 0.292. The maximum atomic E-state index is 13.5. The van der Waals surface area contributed by atoms with Crippen molar-refractivity contribution in [2.45, 2.75) is 33.7 Å². The molecular weight excluding hydrogens is 396 g/mol. The number of benzene rings is 2. The normalized spacial score (nSPS) is 15.8. The maximum Gasteiger partial charge on any atom is 0.339 e. The van der Waals surface area contributed by atoms with E-state index >= 15 is 0 Å². The van der Waals surface area contributed by atoms with Gasteiger partial charge in [-0.3, -0.25) is 9.69 Å². The molecule has 1 atom stereocenters. The van der Waals surface area contributed by atoms with Gasteiger partial charge in [-0.25, -0.2) is 9.59 Å². The van der Waals surface area contributed by atoms with Crippen LogP contribution in [-0.2, 0) is 23.9 Å². The van der Waals surface area contributed by atoms with Crippen molar-refractivity contribution in [3.63, 3.8) is 0 Å². The van der Waals surface area contributed by atoms with Gasteiger partial charge in [-0.2, -0.15) is 0 Å². The molecule has 0 fully saturated rings. The number of anilines is 2. The standard InChI is InChI=1S/C24H26N2O5/c1-5-30-23(28)19-20(25-17-11-7-15(3)8-12-17)22(27)26(21(19)24(29)31-6-2)18-13-9-16(4)10-14-18/h7-14,21,25H,5-6H2,1-4H3. The minimum atomic E-state index is -1.25. The third kappa shape index (κ3) is 4.60. The highest BCUT2D eigenvalue weighted by atomic mass is 16.5. The number of aryl methyl sites for hydroxylation is 2. The van der Waals surface area contributed by atoms with Crippen LogP contribution < -0.4 is 10.2 Å². The Morgan fingerprint density at radius 3 is 2.00 bits per heavy atom. The van der Waals surface area contributed by atoms with Crippen LogP contribution in [0.5, 0.6) is 0 Å². The second-order valence-electron chi connectivity index (χ2n) is 7.17. The highest BCUT2D eigenvalue weighted by Gasteiger charge is 2.49. The van der Waals surface area contributed by atoms with Crippen molar-refractivity contribution in [2.24, 2.45) is 0 Å². The van der Waals surface area contributed by atoms with Gasteiger partial charge in [0.05, 0.1) is 13.2 Å². The molecule has 0 saturated carbocycles. The number of nitrogens with one attached hydrogen (secondary N) is 1. The van der Waals surface area contributed by atoms with Gasteiger partial charge in [-0.1, -0.05) is 35.4 Å². The minimum absolute atomic E-state index is 0.000862. The zero-order valence-corrected chi connectivity index (χ0v) is 18.1. The van der Waals surface area contributed by atoms with Gasteiger partial charge in [0.15, 0.2) is 6.04 Å². The SMILES string of the molecule is CCOC(=O)C1=C(Nc2ccc(C)cc2)C(=O)N(c2ccc(C)cc2)C1C(=O)OCC. The number of hydrogen-bond acceptors (Lipinski definition) is 6. The number of hydrogen-bond donors (Lipinski definition) is 1. The van der Waals surface area contributed by atoms with Crippen molar-refractivity contribution in [1.82, 2.24) is 0 Å². The highest BCUT2D eigenvalue weighted by Crippen LogP contribution is 2.34. The third-order valence-electron chi connectivity index (χ3n) is 4.87. The van der Waals surface area contributed by atoms with E-state index in [0.717, 1.165) is 11.1 Å². The highest BCUT2D eigenvalue weighted by molar-refractivity contribution is 6.22. The van der Waals surface area contributed by atoms with Gasteiger partial charge >= 0.3 is 11.9 Å². The molecule has 7 nitrogen and oxygen atoms in total. The zero-order valence-electron chi connectivity index (χ0n) is 18.1. The number of amides is 1. The van der Waals surface area contributed by atoms with E-state index in [2.05, 4.69) is 5.32 Å². The van der Waals surface area contributed by atoms with Gasteiger partial charge < -0.3 is 14.8 Å². The molecule has 1 N–H and O–H groups in total. The lowest BCUT2D eigenvalue weighted by molar-refractivity contribution is -0.147. The molecule has 1 aliphatic heterocycles. The average Bonchev–Trinajstić information content (AvgIpc) is 3.03. The number of nitrogens with zero attached hydrogens (tertiary/aromatic N) is 1. The zero-order chi connectivity index (χ0) is 22.5. The van der Waals surface area contributed by atoms with Crippen LogP contribution in [0.1, 0.15) is 25.0 Å². The number of ether oxygens (including phenoxy) is 2. The summed E-state index contributed by atoms with van der Waals surface area (Å²) < 4.78 is 10.4. The molecule has 0 bridgehead atoms. The molecule has 1 amide bonds. The maximum absolute atomic E-state index is 13.5. The van der Waals surface area contributed by atoms with Crippen molar-refractivity contribution in [3.05, 3.63) is 70.9 Å². The smallest absolute Gasteiger partial charge is 0.339 e. The van der Waals surface area contributed by atoms with Crippen molar-refractivity contribution >= 4 is 29.2 Å². The van der Waals surface area contributed by atoms with Crippen LogP contribution in [0, 0.1) is 13.8 Å². The molecule has 2 aromatic rings. The summed E-state index contributed by atoms with van der Waals surface area (Å²) in [4.78, 5) is 40.6. The summed E-state index contributed by atoms with van der Waals surface area (Å²) in [6, 6.07) is 13.2. The topological polar surface area (TPSA) is 84.9 Å². The van der Waals surface area contributed by atoms with Crippen molar-refractivity contribution in [3.8, 4) is 0 Å². The predicted octanol–water partition coefficient (Wildman–Crippen LogP) is 3.51. The molecule has 162 valence electrons. The summed E-state index contributed by atoms with van der Waals surface area (Å²) in [5.74, 6) is -1.94. The van der Waals surface area contributed by atoms with E-state index in [0.29, 0.717) is 11.4 Å². The van der Waals surface area contributed by atoms with E-state index in [1.165, 1.54) is 4.90 Å². The summed E-state index contributed by atoms with van der Waals surface area (Å²) in [5.41, 5.74) is 3.08. The van der Waals surface area contributed by atoms with Crippen LogP contribution in [0.15, 0.2) is 59.8 Å². The average molecular weight is 422 g/mol. The molecule has 0 saturated heterocycles. The van der Waals surface area contributed by atoms with Gasteiger partial charge in [0.25, 0.3) is 5.91 Å². The minimum Gasteiger partial charge on any atom is -0.464 e. The second-order valence-corrected chi connectivity index (χ2v) is 7.17. The molecule has 1 unspecified atom stereocenters. The molecule has 0 radical (unpaired) electrons. The van der Waals surface area contributed by atoms with Crippen LogP contribution >= 0.6 is 0 Å². The monoisotopic (exact) mass is 422 g/mol. The van der Waals surface area contributed by atoms with E-state index in [-0.39, 0.29) is 24.5 Å². The molecule has 7 heteroatoms. The van der Waals surface area contributed by atoms with E-state index < -0.39 is 23.9 Å². The molecule has 1 aliphatic rings. The van der Waals surface area contributed by atoms with Gasteiger partial charge in [0, 0.05) is 11.4 Å². The van der Waals surface area contributed by atoms with E-state index in [1.54, 1.807) is 38.1 Å². The summed E-state index contributed by atoms with van der Waals surface area (Å²) in [6.07, 6.45) is 0. The van der Waals surface area contributed by atoms with Crippen LogP contribution in [-0.4, -0.2) is 37.1 Å². The summed E-state index contributed by atoms with van der Waals surface area (Å²) >= 11 is 0. The predicted molar refractivity (Wildman–Crippen MR) is 118 cm³/mol. The molecule has 0 aliphatic carbocycles. The summed E-state index contributed by atoms with van der Waals surface area (Å²) in [5, 5.41) is 3.03. The van der Waals surface area contributed by atoms with Crippen molar-refractivity contribution < 1.29 is 23.9 Å². The first-order valence-corrected chi connectivity index (χ1v) is 10.2. The molecule has 2 aromatic carbocycles. The first-order chi connectivity index (χ1) is 14.9. The number of esters is 2. The van der Waals surface area contributed by atoms with Crippen LogP contribution in [0.25, 0.3) is 0 Å². The summed E-state index contributed by atoms with van der Waals surface area (Å²) in [7, 11) is 0. The van der Waals surface area contributed by atoms with E-state index in [4.69, 9.17) is 9.47 Å². The number of carbonyl (C=O) groups is 3. The first-order valence-electron chi connectivity index (χ1n) is 10.2. The van der Waals surface area contributed by atoms with Gasteiger partial charge in [-0.05, 0) is 52.0 Å². The van der Waals surface area contributed by atoms with Crippen molar-refractivity contribution in [1.29, 1.82) is 0 Å². The fourth-order valence-electron chi connectivity index (χ4n) is 3.36. The Hall–Kier alpha value is -3.61. The lowest BCUT2D eigenvalue weighted by atomic mass is 10.1. The Bertz CT molecular complexity index is 1010. The Labute approximate surface area is 181 Å². The van der Waals surface area contributed by atoms with Crippen molar-refractivity contribution in [2.75, 3.05) is 23.4 Å². The Kier molecular flexibility index (Phi) is 6.74. The van der Waals surface area contributed by atoms with Crippen LogP contribution in [0.2, 0.25) is 0 Å². The van der Waals surface area contributed by atoms with E-state index in [1.807, 2.05) is 38.1 Å². The lowest BCUT2D eigenvalue weighted by Crippen LogP contribution is -2.43. The van der Waals surface area contributed by atoms with Gasteiger partial charge in [0.1, 0.15) is 11.3 Å². The quantitative estimate of drug-likeness (QED) is 0.688. The Morgan fingerprint density at radius 2 is 1.45 bits per heavy atom.